The second-order valence-electron chi connectivity index (χ2n) is 5.95. The number of carbonyl (C=O) groups is 1. The third kappa shape index (κ3) is 2.97. The minimum absolute atomic E-state index is 0.108. The molecule has 1 amide bonds. The van der Waals surface area contributed by atoms with E-state index in [0.717, 1.165) is 34.5 Å². The van der Waals surface area contributed by atoms with Crippen LogP contribution in [0.3, 0.4) is 0 Å². The van der Waals surface area contributed by atoms with Crippen LogP contribution in [0.4, 0.5) is 11.5 Å². The lowest BCUT2D eigenvalue weighted by Gasteiger charge is -2.13. The number of hydrogen-bond acceptors (Lipinski definition) is 5. The van der Waals surface area contributed by atoms with Crippen molar-refractivity contribution < 1.29 is 9.53 Å². The quantitative estimate of drug-likeness (QED) is 0.759. The lowest BCUT2D eigenvalue weighted by atomic mass is 9.98. The Bertz CT molecular complexity index is 957. The van der Waals surface area contributed by atoms with Gasteiger partial charge in [-0.2, -0.15) is 0 Å². The molecule has 0 saturated heterocycles. The van der Waals surface area contributed by atoms with Crippen molar-refractivity contribution >= 4 is 17.4 Å². The van der Waals surface area contributed by atoms with Crippen LogP contribution in [0, 0.1) is 0 Å². The third-order valence-electron chi connectivity index (χ3n) is 4.34. The van der Waals surface area contributed by atoms with E-state index in [1.54, 1.807) is 25.5 Å². The Morgan fingerprint density at radius 2 is 2.04 bits per heavy atom. The highest BCUT2D eigenvalue weighted by molar-refractivity contribution is 5.95. The van der Waals surface area contributed by atoms with E-state index in [1.807, 2.05) is 36.5 Å². The highest BCUT2D eigenvalue weighted by atomic mass is 16.5. The van der Waals surface area contributed by atoms with Crippen molar-refractivity contribution in [2.24, 2.45) is 0 Å². The van der Waals surface area contributed by atoms with E-state index < -0.39 is 0 Å². The Morgan fingerprint density at radius 3 is 2.85 bits per heavy atom. The Balaban J connectivity index is 1.73. The van der Waals surface area contributed by atoms with Gasteiger partial charge in [0.1, 0.15) is 0 Å². The number of fused-ring (bicyclic) bond motifs is 1. The van der Waals surface area contributed by atoms with Gasteiger partial charge in [-0.05, 0) is 29.8 Å². The summed E-state index contributed by atoms with van der Waals surface area (Å²) in [7, 11) is 1.63. The second kappa shape index (κ2) is 6.84. The molecule has 1 aromatic carbocycles. The van der Waals surface area contributed by atoms with Gasteiger partial charge in [0.2, 0.25) is 0 Å². The van der Waals surface area contributed by atoms with Gasteiger partial charge in [-0.25, -0.2) is 4.98 Å². The van der Waals surface area contributed by atoms with Crippen LogP contribution in [-0.2, 0) is 6.42 Å². The molecule has 0 fully saturated rings. The fraction of sp³-hybridized carbons (Fsp3) is 0.150. The van der Waals surface area contributed by atoms with Crippen LogP contribution in [0.1, 0.15) is 15.9 Å². The second-order valence-corrected chi connectivity index (χ2v) is 5.95. The average molecular weight is 346 g/mol. The van der Waals surface area contributed by atoms with Crippen LogP contribution in [0.15, 0.2) is 55.0 Å². The maximum atomic E-state index is 11.9. The monoisotopic (exact) mass is 346 g/mol. The molecule has 3 aromatic rings. The number of benzene rings is 1. The average Bonchev–Trinajstić information content (AvgIpc) is 3.19. The zero-order valence-electron chi connectivity index (χ0n) is 14.3. The van der Waals surface area contributed by atoms with Gasteiger partial charge in [-0.3, -0.25) is 9.78 Å². The zero-order valence-corrected chi connectivity index (χ0v) is 14.3. The molecule has 0 radical (unpaired) electrons. The number of aromatic nitrogens is 2. The van der Waals surface area contributed by atoms with Crippen LogP contribution in [-0.4, -0.2) is 29.5 Å². The Hall–Kier alpha value is -3.41. The molecule has 2 N–H and O–H groups in total. The first-order valence-electron chi connectivity index (χ1n) is 8.40. The van der Waals surface area contributed by atoms with Gasteiger partial charge >= 0.3 is 0 Å². The van der Waals surface area contributed by atoms with Gasteiger partial charge in [0.05, 0.1) is 6.61 Å². The number of nitrogens with zero attached hydrogens (tertiary/aromatic N) is 2. The smallest absolute Gasteiger partial charge is 0.251 e. The fourth-order valence-electron chi connectivity index (χ4n) is 3.07. The minimum Gasteiger partial charge on any atom is -0.489 e. The summed E-state index contributed by atoms with van der Waals surface area (Å²) in [6.45, 7) is 0.619. The SMILES string of the molecule is CNC(=O)c1cccc(-c2cnc(Nc3ccncc3)c3c2CCO3)c1. The molecular formula is C20H18N4O2. The first-order valence-corrected chi connectivity index (χ1v) is 8.40. The predicted octanol–water partition coefficient (Wildman–Crippen LogP) is 3.18. The predicted molar refractivity (Wildman–Crippen MR) is 99.8 cm³/mol. The summed E-state index contributed by atoms with van der Waals surface area (Å²) < 4.78 is 5.84. The van der Waals surface area contributed by atoms with E-state index >= 15 is 0 Å². The van der Waals surface area contributed by atoms with Gasteiger partial charge in [-0.1, -0.05) is 12.1 Å². The molecule has 0 bridgehead atoms. The zero-order chi connectivity index (χ0) is 17.9. The minimum atomic E-state index is -0.108. The van der Waals surface area contributed by atoms with E-state index in [1.165, 1.54) is 0 Å². The number of carbonyl (C=O) groups excluding carboxylic acids is 1. The molecule has 130 valence electrons. The highest BCUT2D eigenvalue weighted by Gasteiger charge is 2.22. The van der Waals surface area contributed by atoms with Gasteiger partial charge in [0.15, 0.2) is 11.6 Å². The van der Waals surface area contributed by atoms with Gasteiger partial charge in [0, 0.05) is 54.4 Å². The molecule has 0 saturated carbocycles. The molecule has 0 unspecified atom stereocenters. The van der Waals surface area contributed by atoms with Gasteiger partial charge in [0.25, 0.3) is 5.91 Å². The van der Waals surface area contributed by atoms with E-state index in [0.29, 0.717) is 18.0 Å². The van der Waals surface area contributed by atoms with E-state index in [4.69, 9.17) is 4.74 Å². The van der Waals surface area contributed by atoms with Crippen LogP contribution < -0.4 is 15.4 Å². The lowest BCUT2D eigenvalue weighted by molar-refractivity contribution is 0.0963. The topological polar surface area (TPSA) is 76.1 Å². The number of rotatable bonds is 4. The number of hydrogen-bond donors (Lipinski definition) is 2. The maximum absolute atomic E-state index is 11.9. The summed E-state index contributed by atoms with van der Waals surface area (Å²) in [5.41, 5.74) is 4.57. The normalized spacial score (nSPS) is 12.2. The summed E-state index contributed by atoms with van der Waals surface area (Å²) in [6.07, 6.45) is 6.09. The summed E-state index contributed by atoms with van der Waals surface area (Å²) in [5, 5.41) is 5.94. The molecule has 1 aliphatic heterocycles. The lowest BCUT2D eigenvalue weighted by Crippen LogP contribution is -2.17. The molecule has 1 aliphatic rings. The van der Waals surface area contributed by atoms with Crippen LogP contribution in [0.25, 0.3) is 11.1 Å². The molecule has 4 rings (SSSR count). The van der Waals surface area contributed by atoms with Crippen LogP contribution in [0.5, 0.6) is 5.75 Å². The number of pyridine rings is 2. The first-order chi connectivity index (χ1) is 12.8. The Morgan fingerprint density at radius 1 is 1.19 bits per heavy atom. The van der Waals surface area contributed by atoms with Crippen molar-refractivity contribution in [3.63, 3.8) is 0 Å². The summed E-state index contributed by atoms with van der Waals surface area (Å²) in [6, 6.07) is 11.3. The Labute approximate surface area is 151 Å². The molecule has 3 heterocycles. The van der Waals surface area contributed by atoms with E-state index in [2.05, 4.69) is 20.6 Å². The third-order valence-corrected chi connectivity index (χ3v) is 4.34. The number of ether oxygens (including phenoxy) is 1. The number of anilines is 2. The molecule has 2 aromatic heterocycles. The molecule has 0 spiro atoms. The summed E-state index contributed by atoms with van der Waals surface area (Å²) in [4.78, 5) is 20.5. The fourth-order valence-corrected chi connectivity index (χ4v) is 3.07. The molecular weight excluding hydrogens is 328 g/mol. The van der Waals surface area contributed by atoms with E-state index in [9.17, 15) is 4.79 Å². The van der Waals surface area contributed by atoms with Crippen LogP contribution in [0.2, 0.25) is 0 Å². The largest absolute Gasteiger partial charge is 0.489 e. The highest BCUT2D eigenvalue weighted by Crippen LogP contribution is 2.40. The van der Waals surface area contributed by atoms with Crippen LogP contribution >= 0.6 is 0 Å². The summed E-state index contributed by atoms with van der Waals surface area (Å²) >= 11 is 0. The standard InChI is InChI=1S/C20H18N4O2/c1-21-20(25)14-4-2-3-13(11-14)17-12-23-19(18-16(17)7-10-26-18)24-15-5-8-22-9-6-15/h2-6,8-9,11-12H,7,10H2,1H3,(H,21,25)(H,22,23,24). The van der Waals surface area contributed by atoms with Crippen molar-refractivity contribution in [1.29, 1.82) is 0 Å². The van der Waals surface area contributed by atoms with Gasteiger partial charge in [-0.15, -0.1) is 0 Å². The van der Waals surface area contributed by atoms with Crippen molar-refractivity contribution in [2.45, 2.75) is 6.42 Å². The Kier molecular flexibility index (Phi) is 4.23. The summed E-state index contributed by atoms with van der Waals surface area (Å²) in [5.74, 6) is 1.35. The van der Waals surface area contributed by atoms with E-state index in [-0.39, 0.29) is 5.91 Å². The van der Waals surface area contributed by atoms with Crippen molar-refractivity contribution in [1.82, 2.24) is 15.3 Å². The maximum Gasteiger partial charge on any atom is 0.251 e. The van der Waals surface area contributed by atoms with Crippen molar-refractivity contribution in [3.8, 4) is 16.9 Å². The molecule has 0 atom stereocenters. The van der Waals surface area contributed by atoms with Crippen molar-refractivity contribution in [3.05, 3.63) is 66.1 Å². The molecule has 6 nitrogen and oxygen atoms in total. The number of nitrogens with one attached hydrogen (secondary N) is 2. The van der Waals surface area contributed by atoms with Gasteiger partial charge < -0.3 is 15.4 Å². The number of amides is 1. The van der Waals surface area contributed by atoms with Crippen molar-refractivity contribution in [2.75, 3.05) is 19.0 Å². The molecule has 6 heteroatoms. The molecule has 0 aliphatic carbocycles. The molecule has 26 heavy (non-hydrogen) atoms. The first kappa shape index (κ1) is 16.1.